The molecule has 3 rings (SSSR count). The van der Waals surface area contributed by atoms with Crippen molar-refractivity contribution in [2.45, 2.75) is 0 Å². The lowest BCUT2D eigenvalue weighted by molar-refractivity contribution is 0.103. The van der Waals surface area contributed by atoms with Crippen molar-refractivity contribution < 1.29 is 13.6 Å². The van der Waals surface area contributed by atoms with Gasteiger partial charge in [0.15, 0.2) is 5.13 Å². The zero-order valence-electron chi connectivity index (χ0n) is 11.7. The lowest BCUT2D eigenvalue weighted by Gasteiger charge is -2.02. The number of aromatic nitrogens is 1. The van der Waals surface area contributed by atoms with Crippen molar-refractivity contribution in [3.05, 3.63) is 70.6 Å². The maximum absolute atomic E-state index is 13.7. The fourth-order valence-electron chi connectivity index (χ4n) is 2.02. The van der Waals surface area contributed by atoms with E-state index in [1.807, 2.05) is 30.3 Å². The first kappa shape index (κ1) is 15.1. The predicted molar refractivity (Wildman–Crippen MR) is 86.0 cm³/mol. The molecule has 7 heteroatoms. The molecule has 0 bridgehead atoms. The molecule has 116 valence electrons. The average Bonchev–Trinajstić information content (AvgIpc) is 2.88. The molecule has 0 aliphatic carbocycles. The summed E-state index contributed by atoms with van der Waals surface area (Å²) >= 11 is 0.945. The molecule has 0 radical (unpaired) electrons. The molecule has 0 fully saturated rings. The maximum atomic E-state index is 13.7. The number of rotatable bonds is 4. The topological polar surface area (TPSA) is 68.0 Å². The summed E-state index contributed by atoms with van der Waals surface area (Å²) < 4.78 is 27.5. The number of hydrogen-bond donors (Lipinski definition) is 2. The number of thiazole rings is 1. The predicted octanol–water partition coefficient (Wildman–Crippen LogP) is 3.98. The van der Waals surface area contributed by atoms with E-state index in [2.05, 4.69) is 10.3 Å². The standard InChI is InChI=1S/C16H11F2N3OS/c17-10-7-4-8-11(18)12(10)13(22)14-15(19)21-16(23-14)20-9-5-2-1-3-6-9/h1-8H,19H2,(H,20,21). The number of benzene rings is 2. The van der Waals surface area contributed by atoms with Gasteiger partial charge >= 0.3 is 0 Å². The van der Waals surface area contributed by atoms with Crippen LogP contribution in [0.4, 0.5) is 25.4 Å². The summed E-state index contributed by atoms with van der Waals surface area (Å²) in [6.45, 7) is 0. The molecule has 0 unspecified atom stereocenters. The van der Waals surface area contributed by atoms with Crippen LogP contribution in [-0.4, -0.2) is 10.8 Å². The number of nitrogens with one attached hydrogen (secondary N) is 1. The number of anilines is 3. The summed E-state index contributed by atoms with van der Waals surface area (Å²) in [6.07, 6.45) is 0. The summed E-state index contributed by atoms with van der Waals surface area (Å²) in [6, 6.07) is 12.4. The minimum atomic E-state index is -0.930. The van der Waals surface area contributed by atoms with Crippen LogP contribution in [0.15, 0.2) is 48.5 Å². The lowest BCUT2D eigenvalue weighted by atomic mass is 10.1. The number of nitrogen functional groups attached to an aromatic ring is 1. The van der Waals surface area contributed by atoms with E-state index in [0.29, 0.717) is 5.13 Å². The number of nitrogens with two attached hydrogens (primary N) is 1. The number of nitrogens with zero attached hydrogens (tertiary/aromatic N) is 1. The van der Waals surface area contributed by atoms with Gasteiger partial charge in [0.2, 0.25) is 5.78 Å². The number of carbonyl (C=O) groups excluding carboxylic acids is 1. The third-order valence-electron chi connectivity index (χ3n) is 3.07. The van der Waals surface area contributed by atoms with Crippen molar-refractivity contribution in [3.8, 4) is 0 Å². The van der Waals surface area contributed by atoms with E-state index >= 15 is 0 Å². The third-order valence-corrected chi connectivity index (χ3v) is 4.06. The monoisotopic (exact) mass is 331 g/mol. The Hall–Kier alpha value is -2.80. The molecule has 0 saturated heterocycles. The van der Waals surface area contributed by atoms with Crippen molar-refractivity contribution in [1.82, 2.24) is 4.98 Å². The second-order valence-electron chi connectivity index (χ2n) is 4.65. The SMILES string of the molecule is Nc1nc(Nc2ccccc2)sc1C(=O)c1c(F)cccc1F. The summed E-state index contributed by atoms with van der Waals surface area (Å²) in [5.41, 5.74) is 5.86. The molecular weight excluding hydrogens is 320 g/mol. The number of carbonyl (C=O) groups is 1. The second kappa shape index (κ2) is 6.13. The molecule has 1 aromatic heterocycles. The summed E-state index contributed by atoms with van der Waals surface area (Å²) in [5, 5.41) is 3.36. The van der Waals surface area contributed by atoms with E-state index in [-0.39, 0.29) is 10.7 Å². The van der Waals surface area contributed by atoms with Crippen LogP contribution in [0.1, 0.15) is 15.2 Å². The normalized spacial score (nSPS) is 10.5. The number of halogens is 2. The molecule has 2 aromatic carbocycles. The van der Waals surface area contributed by atoms with Gasteiger partial charge in [-0.1, -0.05) is 35.6 Å². The van der Waals surface area contributed by atoms with Crippen LogP contribution in [0.25, 0.3) is 0 Å². The third kappa shape index (κ3) is 3.04. The highest BCUT2D eigenvalue weighted by Gasteiger charge is 2.24. The first-order valence-corrected chi connectivity index (χ1v) is 7.45. The van der Waals surface area contributed by atoms with Crippen LogP contribution >= 0.6 is 11.3 Å². The number of ketones is 1. The molecule has 0 spiro atoms. The average molecular weight is 331 g/mol. The van der Waals surface area contributed by atoms with Crippen molar-refractivity contribution in [1.29, 1.82) is 0 Å². The van der Waals surface area contributed by atoms with Gasteiger partial charge in [-0.25, -0.2) is 13.8 Å². The highest BCUT2D eigenvalue weighted by Crippen LogP contribution is 2.30. The Labute approximate surface area is 134 Å². The molecule has 23 heavy (non-hydrogen) atoms. The maximum Gasteiger partial charge on any atom is 0.212 e. The molecule has 3 aromatic rings. The Kier molecular flexibility index (Phi) is 4.03. The highest BCUT2D eigenvalue weighted by molar-refractivity contribution is 7.18. The zero-order chi connectivity index (χ0) is 16.4. The molecule has 0 aliphatic heterocycles. The fraction of sp³-hybridized carbons (Fsp3) is 0. The Balaban J connectivity index is 1.93. The molecule has 0 amide bonds. The van der Waals surface area contributed by atoms with Crippen molar-refractivity contribution in [2.24, 2.45) is 0 Å². The minimum absolute atomic E-state index is 0.00701. The summed E-state index contributed by atoms with van der Waals surface area (Å²) in [4.78, 5) is 16.4. The van der Waals surface area contributed by atoms with E-state index < -0.39 is 23.0 Å². The van der Waals surface area contributed by atoms with Gasteiger partial charge in [-0.15, -0.1) is 0 Å². The largest absolute Gasteiger partial charge is 0.382 e. The van der Waals surface area contributed by atoms with Gasteiger partial charge < -0.3 is 11.1 Å². The van der Waals surface area contributed by atoms with Gasteiger partial charge in [-0.3, -0.25) is 4.79 Å². The van der Waals surface area contributed by atoms with Gasteiger partial charge in [-0.05, 0) is 24.3 Å². The van der Waals surface area contributed by atoms with Crippen molar-refractivity contribution >= 4 is 33.8 Å². The molecule has 4 nitrogen and oxygen atoms in total. The summed E-state index contributed by atoms with van der Waals surface area (Å²) in [5.74, 6) is -2.75. The van der Waals surface area contributed by atoms with Crippen LogP contribution in [0.2, 0.25) is 0 Å². The molecular formula is C16H11F2N3OS. The van der Waals surface area contributed by atoms with E-state index in [1.165, 1.54) is 6.07 Å². The van der Waals surface area contributed by atoms with Crippen LogP contribution in [0, 0.1) is 11.6 Å². The Morgan fingerprint density at radius 1 is 1.04 bits per heavy atom. The van der Waals surface area contributed by atoms with Gasteiger partial charge in [0.05, 0.1) is 5.56 Å². The van der Waals surface area contributed by atoms with E-state index in [4.69, 9.17) is 5.73 Å². The Bertz CT molecular complexity index is 845. The van der Waals surface area contributed by atoms with E-state index in [9.17, 15) is 13.6 Å². The minimum Gasteiger partial charge on any atom is -0.382 e. The van der Waals surface area contributed by atoms with Gasteiger partial charge in [0.1, 0.15) is 22.3 Å². The molecule has 1 heterocycles. The number of hydrogen-bond acceptors (Lipinski definition) is 5. The first-order valence-electron chi connectivity index (χ1n) is 6.63. The second-order valence-corrected chi connectivity index (χ2v) is 5.65. The van der Waals surface area contributed by atoms with Gasteiger partial charge in [-0.2, -0.15) is 0 Å². The van der Waals surface area contributed by atoms with E-state index in [0.717, 1.165) is 29.2 Å². The smallest absolute Gasteiger partial charge is 0.212 e. The molecule has 0 atom stereocenters. The summed E-state index contributed by atoms with van der Waals surface area (Å²) in [7, 11) is 0. The zero-order valence-corrected chi connectivity index (χ0v) is 12.5. The van der Waals surface area contributed by atoms with Gasteiger partial charge in [0.25, 0.3) is 0 Å². The van der Waals surface area contributed by atoms with Crippen LogP contribution < -0.4 is 11.1 Å². The van der Waals surface area contributed by atoms with E-state index in [1.54, 1.807) is 0 Å². The Morgan fingerprint density at radius 2 is 1.70 bits per heavy atom. The van der Waals surface area contributed by atoms with Crippen molar-refractivity contribution in [3.63, 3.8) is 0 Å². The van der Waals surface area contributed by atoms with Crippen LogP contribution in [0.5, 0.6) is 0 Å². The quantitative estimate of drug-likeness (QED) is 0.710. The van der Waals surface area contributed by atoms with Crippen molar-refractivity contribution in [2.75, 3.05) is 11.1 Å². The Morgan fingerprint density at radius 3 is 2.35 bits per heavy atom. The highest BCUT2D eigenvalue weighted by atomic mass is 32.1. The molecule has 0 aliphatic rings. The fourth-order valence-corrected chi connectivity index (χ4v) is 2.87. The lowest BCUT2D eigenvalue weighted by Crippen LogP contribution is -2.07. The number of para-hydroxylation sites is 1. The van der Waals surface area contributed by atoms with Crippen LogP contribution in [-0.2, 0) is 0 Å². The first-order chi connectivity index (χ1) is 11.1. The molecule has 3 N–H and O–H groups in total. The molecule has 0 saturated carbocycles. The van der Waals surface area contributed by atoms with Gasteiger partial charge in [0, 0.05) is 5.69 Å². The van der Waals surface area contributed by atoms with Crippen LogP contribution in [0.3, 0.4) is 0 Å².